The Hall–Kier alpha value is -2.15. The van der Waals surface area contributed by atoms with E-state index in [1.807, 2.05) is 4.72 Å². The monoisotopic (exact) mass is 479 g/mol. The van der Waals surface area contributed by atoms with Crippen molar-refractivity contribution < 1.29 is 44.2 Å². The van der Waals surface area contributed by atoms with Crippen molar-refractivity contribution >= 4 is 31.6 Å². The summed E-state index contributed by atoms with van der Waals surface area (Å²) in [5.74, 6) is -1.74. The normalized spacial score (nSPS) is 12.6. The summed E-state index contributed by atoms with van der Waals surface area (Å²) in [4.78, 5) is -0.870. The van der Waals surface area contributed by atoms with Gasteiger partial charge in [-0.2, -0.15) is 0 Å². The van der Waals surface area contributed by atoms with Crippen molar-refractivity contribution in [2.75, 3.05) is 4.72 Å². The summed E-state index contributed by atoms with van der Waals surface area (Å²) >= 11 is 2.89. The lowest BCUT2D eigenvalue weighted by Gasteiger charge is -2.15. The topological polar surface area (TPSA) is 64.6 Å². The molecule has 0 aliphatic rings. The zero-order valence-corrected chi connectivity index (χ0v) is 15.1. The Kier molecular flexibility index (Phi) is 5.85. The zero-order valence-electron chi connectivity index (χ0n) is 12.7. The molecule has 1 N–H and O–H groups in total. The highest BCUT2D eigenvalue weighted by Crippen LogP contribution is 2.34. The van der Waals surface area contributed by atoms with E-state index >= 15 is 0 Å². The molecular weight excluding hydrogens is 472 g/mol. The van der Waals surface area contributed by atoms with Crippen LogP contribution in [-0.4, -0.2) is 21.1 Å². The molecule has 0 aliphatic carbocycles. The van der Waals surface area contributed by atoms with Crippen molar-refractivity contribution in [3.8, 4) is 11.5 Å². The van der Waals surface area contributed by atoms with Crippen LogP contribution in [0, 0.1) is 0 Å². The highest BCUT2D eigenvalue weighted by molar-refractivity contribution is 9.10. The Morgan fingerprint density at radius 3 is 2.11 bits per heavy atom. The lowest BCUT2D eigenvalue weighted by atomic mass is 10.3. The number of alkyl halides is 6. The van der Waals surface area contributed by atoms with Gasteiger partial charge in [0.1, 0.15) is 10.6 Å². The smallest absolute Gasteiger partial charge is 0.406 e. The number of rotatable bonds is 5. The molecule has 0 fully saturated rings. The zero-order chi connectivity index (χ0) is 20.5. The molecule has 0 atom stereocenters. The van der Waals surface area contributed by atoms with Crippen molar-refractivity contribution in [2.45, 2.75) is 17.6 Å². The SMILES string of the molecule is O=S(=O)(Nc1cccc(OC(F)(F)F)c1)c1ccc(Br)cc1OC(F)(F)F. The minimum atomic E-state index is -5.16. The van der Waals surface area contributed by atoms with Gasteiger partial charge in [-0.3, -0.25) is 4.72 Å². The number of nitrogens with one attached hydrogen (secondary N) is 1. The maximum atomic E-state index is 12.5. The maximum absolute atomic E-state index is 12.5. The van der Waals surface area contributed by atoms with E-state index in [1.165, 1.54) is 0 Å². The molecule has 27 heavy (non-hydrogen) atoms. The van der Waals surface area contributed by atoms with E-state index in [0.29, 0.717) is 6.07 Å². The Balaban J connectivity index is 2.36. The molecule has 0 saturated carbocycles. The second-order valence-electron chi connectivity index (χ2n) is 4.82. The summed E-state index contributed by atoms with van der Waals surface area (Å²) in [5.41, 5.74) is -0.363. The molecule has 0 aliphatic heterocycles. The minimum absolute atomic E-state index is 0.112. The number of halogens is 7. The molecule has 2 rings (SSSR count). The largest absolute Gasteiger partial charge is 0.573 e. The van der Waals surface area contributed by atoms with Gasteiger partial charge in [0.25, 0.3) is 10.0 Å². The first-order valence-corrected chi connectivity index (χ1v) is 8.97. The van der Waals surface area contributed by atoms with E-state index in [-0.39, 0.29) is 10.2 Å². The first-order chi connectivity index (χ1) is 12.3. The summed E-state index contributed by atoms with van der Waals surface area (Å²) in [5, 5.41) is 0. The number of hydrogen-bond acceptors (Lipinski definition) is 4. The fraction of sp³-hybridized carbons (Fsp3) is 0.143. The van der Waals surface area contributed by atoms with E-state index in [0.717, 1.165) is 36.4 Å². The molecule has 0 radical (unpaired) electrons. The van der Waals surface area contributed by atoms with Gasteiger partial charge in [0.05, 0.1) is 5.69 Å². The number of sulfonamides is 1. The highest BCUT2D eigenvalue weighted by atomic mass is 79.9. The maximum Gasteiger partial charge on any atom is 0.573 e. The molecule has 13 heteroatoms. The average molecular weight is 480 g/mol. The predicted octanol–water partition coefficient (Wildman–Crippen LogP) is 5.05. The number of hydrogen-bond donors (Lipinski definition) is 1. The molecule has 5 nitrogen and oxygen atoms in total. The first-order valence-electron chi connectivity index (χ1n) is 6.69. The standard InChI is InChI=1S/C14H8BrF6NO4S/c15-8-4-5-12(11(6-8)26-14(19,20)21)27(23,24)22-9-2-1-3-10(7-9)25-13(16,17)18/h1-7,22H. The summed E-state index contributed by atoms with van der Waals surface area (Å²) in [6.45, 7) is 0. The number of anilines is 1. The van der Waals surface area contributed by atoms with Crippen molar-refractivity contribution in [1.82, 2.24) is 0 Å². The Morgan fingerprint density at radius 2 is 1.52 bits per heavy atom. The minimum Gasteiger partial charge on any atom is -0.406 e. The van der Waals surface area contributed by atoms with Gasteiger partial charge in [-0.25, -0.2) is 8.42 Å². The van der Waals surface area contributed by atoms with E-state index in [4.69, 9.17) is 0 Å². The summed E-state index contributed by atoms with van der Waals surface area (Å²) in [6, 6.07) is 6.56. The van der Waals surface area contributed by atoms with Crippen LogP contribution < -0.4 is 14.2 Å². The number of ether oxygens (including phenoxy) is 2. The van der Waals surface area contributed by atoms with Crippen molar-refractivity contribution in [2.24, 2.45) is 0 Å². The van der Waals surface area contributed by atoms with Gasteiger partial charge in [0, 0.05) is 10.5 Å². The average Bonchev–Trinajstić information content (AvgIpc) is 2.43. The molecule has 2 aromatic carbocycles. The van der Waals surface area contributed by atoms with Gasteiger partial charge >= 0.3 is 12.7 Å². The van der Waals surface area contributed by atoms with Crippen molar-refractivity contribution in [3.05, 3.63) is 46.9 Å². The molecule has 0 amide bonds. The van der Waals surface area contributed by atoms with Gasteiger partial charge in [0.2, 0.25) is 0 Å². The van der Waals surface area contributed by atoms with Crippen LogP contribution in [0.4, 0.5) is 32.0 Å². The van der Waals surface area contributed by atoms with Crippen molar-refractivity contribution in [3.63, 3.8) is 0 Å². The second kappa shape index (κ2) is 7.46. The molecule has 148 valence electrons. The van der Waals surface area contributed by atoms with E-state index in [9.17, 15) is 34.8 Å². The third kappa shape index (κ3) is 6.50. The summed E-state index contributed by atoms with van der Waals surface area (Å²) < 4.78 is 108. The predicted molar refractivity (Wildman–Crippen MR) is 84.8 cm³/mol. The Bertz CT molecular complexity index is 930. The quantitative estimate of drug-likeness (QED) is 0.609. The van der Waals surface area contributed by atoms with Gasteiger partial charge in [-0.15, -0.1) is 26.3 Å². The molecule has 0 spiro atoms. The Morgan fingerprint density at radius 1 is 0.889 bits per heavy atom. The fourth-order valence-electron chi connectivity index (χ4n) is 1.88. The molecule has 0 unspecified atom stereocenters. The second-order valence-corrected chi connectivity index (χ2v) is 7.39. The molecule has 0 aromatic heterocycles. The van der Waals surface area contributed by atoms with Crippen LogP contribution in [0.3, 0.4) is 0 Å². The van der Waals surface area contributed by atoms with Gasteiger partial charge < -0.3 is 9.47 Å². The van der Waals surface area contributed by atoms with Crippen LogP contribution in [0.5, 0.6) is 11.5 Å². The van der Waals surface area contributed by atoms with Crippen molar-refractivity contribution in [1.29, 1.82) is 0 Å². The number of benzene rings is 2. The first kappa shape index (κ1) is 21.2. The van der Waals surface area contributed by atoms with Crippen LogP contribution in [0.1, 0.15) is 0 Å². The third-order valence-electron chi connectivity index (χ3n) is 2.74. The lowest BCUT2D eigenvalue weighted by Crippen LogP contribution is -2.21. The van der Waals surface area contributed by atoms with Gasteiger partial charge in [-0.05, 0) is 30.3 Å². The van der Waals surface area contributed by atoms with Crippen LogP contribution >= 0.6 is 15.9 Å². The van der Waals surface area contributed by atoms with E-state index in [1.54, 1.807) is 0 Å². The summed E-state index contributed by atoms with van der Waals surface area (Å²) in [6.07, 6.45) is -10.2. The van der Waals surface area contributed by atoms with Crippen LogP contribution in [-0.2, 0) is 10.0 Å². The van der Waals surface area contributed by atoms with E-state index in [2.05, 4.69) is 25.4 Å². The van der Waals surface area contributed by atoms with Crippen LogP contribution in [0.15, 0.2) is 51.8 Å². The van der Waals surface area contributed by atoms with Gasteiger partial charge in [0.15, 0.2) is 5.75 Å². The van der Waals surface area contributed by atoms with Crippen LogP contribution in [0.2, 0.25) is 0 Å². The fourth-order valence-corrected chi connectivity index (χ4v) is 3.38. The highest BCUT2D eigenvalue weighted by Gasteiger charge is 2.34. The van der Waals surface area contributed by atoms with Crippen LogP contribution in [0.25, 0.3) is 0 Å². The third-order valence-corrected chi connectivity index (χ3v) is 4.65. The molecule has 2 aromatic rings. The summed E-state index contributed by atoms with van der Waals surface area (Å²) in [7, 11) is -4.63. The Labute approximate surface area is 157 Å². The molecule has 0 saturated heterocycles. The molecular formula is C14H8BrF6NO4S. The van der Waals surface area contributed by atoms with E-state index < -0.39 is 39.1 Å². The molecule has 0 heterocycles. The lowest BCUT2D eigenvalue weighted by molar-refractivity contribution is -0.276. The molecule has 0 bridgehead atoms. The van der Waals surface area contributed by atoms with Gasteiger partial charge in [-0.1, -0.05) is 22.0 Å².